The van der Waals surface area contributed by atoms with Crippen molar-refractivity contribution in [3.8, 4) is 0 Å². The SMILES string of the molecule is Cc1cc(C2NNC3CCC(C(=O)N[C@@H]4CC[C@@H](C(=O)N(C)C)N(Cc5cccs5)C4)CC32)ccn1. The lowest BCUT2D eigenvalue weighted by Gasteiger charge is -2.40. The van der Waals surface area contributed by atoms with E-state index < -0.39 is 0 Å². The molecule has 4 heterocycles. The molecule has 36 heavy (non-hydrogen) atoms. The first-order valence-corrected chi connectivity index (χ1v) is 14.0. The average molecular weight is 511 g/mol. The molecule has 3 fully saturated rings. The summed E-state index contributed by atoms with van der Waals surface area (Å²) in [5, 5.41) is 5.45. The summed E-state index contributed by atoms with van der Waals surface area (Å²) in [6.45, 7) is 3.46. The van der Waals surface area contributed by atoms with Crippen molar-refractivity contribution >= 4 is 23.2 Å². The van der Waals surface area contributed by atoms with Crippen LogP contribution in [0.2, 0.25) is 0 Å². The van der Waals surface area contributed by atoms with Crippen LogP contribution >= 0.6 is 11.3 Å². The number of thiophene rings is 1. The maximum absolute atomic E-state index is 13.4. The molecular weight excluding hydrogens is 472 g/mol. The van der Waals surface area contributed by atoms with Crippen LogP contribution in [-0.2, 0) is 16.1 Å². The normalized spacial score (nSPS) is 30.5. The number of amides is 2. The van der Waals surface area contributed by atoms with Crippen molar-refractivity contribution in [3.63, 3.8) is 0 Å². The molecule has 5 rings (SSSR count). The lowest BCUT2D eigenvalue weighted by molar-refractivity contribution is -0.136. The van der Waals surface area contributed by atoms with Gasteiger partial charge in [-0.25, -0.2) is 5.43 Å². The minimum atomic E-state index is -0.133. The van der Waals surface area contributed by atoms with Gasteiger partial charge < -0.3 is 10.2 Å². The van der Waals surface area contributed by atoms with Crippen LogP contribution in [0.15, 0.2) is 35.8 Å². The van der Waals surface area contributed by atoms with Crippen molar-refractivity contribution in [3.05, 3.63) is 52.0 Å². The second-order valence-corrected chi connectivity index (χ2v) is 11.8. The average Bonchev–Trinajstić information content (AvgIpc) is 3.53. The molecule has 2 aromatic heterocycles. The number of carbonyl (C=O) groups excluding carboxylic acids is 2. The van der Waals surface area contributed by atoms with E-state index in [0.29, 0.717) is 18.5 Å². The van der Waals surface area contributed by atoms with E-state index in [1.807, 2.05) is 27.2 Å². The number of nitrogens with zero attached hydrogens (tertiary/aromatic N) is 3. The number of rotatable bonds is 6. The molecule has 2 amide bonds. The fourth-order valence-electron chi connectivity index (χ4n) is 6.22. The standard InChI is InChI=1S/C27H38N6O2S/c1-17-13-18(10-11-28-17)25-22-14-19(6-8-23(22)30-31-25)26(34)29-20-7-9-24(27(35)32(2)3)33(15-20)16-21-5-4-12-36-21/h4-5,10-13,19-20,22-25,30-31H,6-9,14-16H2,1-3H3,(H,29,34)/t19?,20-,22?,23?,24+,25?/m1/s1. The van der Waals surface area contributed by atoms with Gasteiger partial charge in [-0.3, -0.25) is 24.9 Å². The highest BCUT2D eigenvalue weighted by Gasteiger charge is 2.43. The van der Waals surface area contributed by atoms with Gasteiger partial charge in [-0.05, 0) is 74.1 Å². The number of aromatic nitrogens is 1. The Kier molecular flexibility index (Phi) is 7.71. The molecule has 194 valence electrons. The molecule has 4 unspecified atom stereocenters. The van der Waals surface area contributed by atoms with E-state index in [1.54, 1.807) is 16.2 Å². The second-order valence-electron chi connectivity index (χ2n) is 10.8. The van der Waals surface area contributed by atoms with Crippen molar-refractivity contribution in [1.82, 2.24) is 31.0 Å². The Morgan fingerprint density at radius 1 is 1.19 bits per heavy atom. The maximum Gasteiger partial charge on any atom is 0.239 e. The van der Waals surface area contributed by atoms with Gasteiger partial charge >= 0.3 is 0 Å². The molecule has 9 heteroatoms. The zero-order valence-corrected chi connectivity index (χ0v) is 22.3. The van der Waals surface area contributed by atoms with Crippen LogP contribution in [0, 0.1) is 18.8 Å². The molecular formula is C27H38N6O2S. The molecule has 2 aromatic rings. The number of fused-ring (bicyclic) bond motifs is 1. The number of nitrogens with one attached hydrogen (secondary N) is 3. The third kappa shape index (κ3) is 5.49. The van der Waals surface area contributed by atoms with Crippen molar-refractivity contribution in [2.45, 2.75) is 69.7 Å². The lowest BCUT2D eigenvalue weighted by Crippen LogP contribution is -2.56. The Morgan fingerprint density at radius 3 is 2.81 bits per heavy atom. The number of likely N-dealkylation sites (N-methyl/N-ethyl adjacent to an activating group) is 1. The smallest absolute Gasteiger partial charge is 0.239 e. The van der Waals surface area contributed by atoms with E-state index in [-0.39, 0.29) is 35.9 Å². The first-order valence-electron chi connectivity index (χ1n) is 13.1. The molecule has 2 saturated heterocycles. The fraction of sp³-hybridized carbons (Fsp3) is 0.593. The van der Waals surface area contributed by atoms with Gasteiger partial charge in [0.1, 0.15) is 0 Å². The van der Waals surface area contributed by atoms with Crippen molar-refractivity contribution < 1.29 is 9.59 Å². The van der Waals surface area contributed by atoms with E-state index in [1.165, 1.54) is 10.4 Å². The predicted molar refractivity (Wildman–Crippen MR) is 141 cm³/mol. The van der Waals surface area contributed by atoms with Crippen LogP contribution < -0.4 is 16.2 Å². The Labute approximate surface area is 217 Å². The molecule has 8 nitrogen and oxygen atoms in total. The molecule has 3 N–H and O–H groups in total. The topological polar surface area (TPSA) is 89.6 Å². The van der Waals surface area contributed by atoms with Crippen LogP contribution in [0.25, 0.3) is 0 Å². The molecule has 6 atom stereocenters. The summed E-state index contributed by atoms with van der Waals surface area (Å²) in [7, 11) is 3.65. The zero-order chi connectivity index (χ0) is 25.2. The summed E-state index contributed by atoms with van der Waals surface area (Å²) in [5.74, 6) is 0.710. The van der Waals surface area contributed by atoms with Crippen LogP contribution in [-0.4, -0.2) is 65.4 Å². The first kappa shape index (κ1) is 25.3. The van der Waals surface area contributed by atoms with E-state index in [0.717, 1.165) is 44.3 Å². The van der Waals surface area contributed by atoms with Gasteiger partial charge in [0.05, 0.1) is 12.1 Å². The summed E-state index contributed by atoms with van der Waals surface area (Å²) in [4.78, 5) is 35.8. The number of hydrazine groups is 1. The van der Waals surface area contributed by atoms with Gasteiger partial charge in [-0.1, -0.05) is 6.07 Å². The van der Waals surface area contributed by atoms with E-state index in [9.17, 15) is 9.59 Å². The van der Waals surface area contributed by atoms with Crippen LogP contribution in [0.3, 0.4) is 0 Å². The largest absolute Gasteiger partial charge is 0.352 e. The Hall–Kier alpha value is -2.33. The minimum absolute atomic E-state index is 0.0188. The molecule has 3 aliphatic rings. The number of aryl methyl sites for hydroxylation is 1. The van der Waals surface area contributed by atoms with E-state index >= 15 is 0 Å². The van der Waals surface area contributed by atoms with E-state index in [4.69, 9.17) is 0 Å². The van der Waals surface area contributed by atoms with Crippen LogP contribution in [0.4, 0.5) is 0 Å². The molecule has 0 spiro atoms. The Balaban J connectivity index is 1.22. The number of likely N-dealkylation sites (tertiary alicyclic amines) is 1. The molecule has 1 saturated carbocycles. The molecule has 1 aliphatic carbocycles. The van der Waals surface area contributed by atoms with E-state index in [2.05, 4.69) is 55.7 Å². The third-order valence-corrected chi connectivity index (χ3v) is 8.96. The summed E-state index contributed by atoms with van der Waals surface area (Å²) >= 11 is 1.71. The first-order chi connectivity index (χ1) is 17.4. The van der Waals surface area contributed by atoms with Crippen LogP contribution in [0.5, 0.6) is 0 Å². The van der Waals surface area contributed by atoms with Crippen molar-refractivity contribution in [2.24, 2.45) is 11.8 Å². The fourth-order valence-corrected chi connectivity index (χ4v) is 6.95. The third-order valence-electron chi connectivity index (χ3n) is 8.10. The van der Waals surface area contributed by atoms with Crippen molar-refractivity contribution in [2.75, 3.05) is 20.6 Å². The van der Waals surface area contributed by atoms with Crippen molar-refractivity contribution in [1.29, 1.82) is 0 Å². The minimum Gasteiger partial charge on any atom is -0.352 e. The second kappa shape index (κ2) is 11.0. The van der Waals surface area contributed by atoms with Gasteiger partial charge in [-0.15, -0.1) is 11.3 Å². The maximum atomic E-state index is 13.4. The summed E-state index contributed by atoms with van der Waals surface area (Å²) < 4.78 is 0. The lowest BCUT2D eigenvalue weighted by atomic mass is 9.74. The molecule has 0 radical (unpaired) electrons. The highest BCUT2D eigenvalue weighted by atomic mass is 32.1. The predicted octanol–water partition coefficient (Wildman–Crippen LogP) is 2.62. The highest BCUT2D eigenvalue weighted by molar-refractivity contribution is 7.09. The molecule has 2 aliphatic heterocycles. The summed E-state index contributed by atoms with van der Waals surface area (Å²) in [6, 6.07) is 8.91. The molecule has 0 aromatic carbocycles. The quantitative estimate of drug-likeness (QED) is 0.554. The monoisotopic (exact) mass is 510 g/mol. The van der Waals surface area contributed by atoms with Gasteiger partial charge in [0.15, 0.2) is 0 Å². The highest BCUT2D eigenvalue weighted by Crippen LogP contribution is 2.40. The van der Waals surface area contributed by atoms with Gasteiger partial charge in [0.25, 0.3) is 0 Å². The summed E-state index contributed by atoms with van der Waals surface area (Å²) in [5.41, 5.74) is 9.20. The van der Waals surface area contributed by atoms with Gasteiger partial charge in [-0.2, -0.15) is 0 Å². The number of hydrogen-bond acceptors (Lipinski definition) is 7. The number of carbonyl (C=O) groups is 2. The van der Waals surface area contributed by atoms with Gasteiger partial charge in [0.2, 0.25) is 11.8 Å². The van der Waals surface area contributed by atoms with Gasteiger partial charge in [0, 0.05) is 62.0 Å². The Morgan fingerprint density at radius 2 is 2.06 bits per heavy atom. The Bertz CT molecular complexity index is 1060. The number of pyridine rings is 1. The molecule has 0 bridgehead atoms. The van der Waals surface area contributed by atoms with Crippen LogP contribution in [0.1, 0.15) is 54.3 Å². The zero-order valence-electron chi connectivity index (χ0n) is 21.4. The summed E-state index contributed by atoms with van der Waals surface area (Å²) in [6.07, 6.45) is 6.22. The number of piperidine rings is 1. The number of hydrogen-bond donors (Lipinski definition) is 3.